The lowest BCUT2D eigenvalue weighted by Gasteiger charge is -1.96. The molecule has 0 amide bonds. The highest BCUT2D eigenvalue weighted by Gasteiger charge is 1.99. The van der Waals surface area contributed by atoms with Crippen molar-refractivity contribution in [2.45, 2.75) is 0 Å². The Balaban J connectivity index is 3.12. The number of amidine groups is 1. The van der Waals surface area contributed by atoms with E-state index in [9.17, 15) is 0 Å². The summed E-state index contributed by atoms with van der Waals surface area (Å²) in [5.41, 5.74) is 6.26. The van der Waals surface area contributed by atoms with E-state index < -0.39 is 0 Å². The van der Waals surface area contributed by atoms with Gasteiger partial charge in [0.15, 0.2) is 5.84 Å². The molecule has 0 saturated carbocycles. The van der Waals surface area contributed by atoms with Crippen LogP contribution in [-0.2, 0) is 0 Å². The van der Waals surface area contributed by atoms with Crippen LogP contribution in [0.2, 0.25) is 0 Å². The molecular formula is C7H7N5. The van der Waals surface area contributed by atoms with Crippen molar-refractivity contribution in [1.82, 2.24) is 4.98 Å². The van der Waals surface area contributed by atoms with E-state index in [-0.39, 0.29) is 5.84 Å². The molecule has 0 atom stereocenters. The molecule has 4 N–H and O–H groups in total. The van der Waals surface area contributed by atoms with Crippen molar-refractivity contribution in [3.05, 3.63) is 29.6 Å². The van der Waals surface area contributed by atoms with Gasteiger partial charge in [0.25, 0.3) is 0 Å². The van der Waals surface area contributed by atoms with Crippen LogP contribution in [0.3, 0.4) is 0 Å². The van der Waals surface area contributed by atoms with Crippen LogP contribution >= 0.6 is 0 Å². The number of aromatic nitrogens is 1. The lowest BCUT2D eigenvalue weighted by atomic mass is 10.2. The Morgan fingerprint density at radius 3 is 3.00 bits per heavy atom. The molecule has 0 aliphatic carbocycles. The number of rotatable bonds is 1. The van der Waals surface area contributed by atoms with Crippen molar-refractivity contribution in [3.8, 4) is 6.07 Å². The Kier molecular flexibility index (Phi) is 2.23. The van der Waals surface area contributed by atoms with E-state index in [2.05, 4.69) is 10.1 Å². The summed E-state index contributed by atoms with van der Waals surface area (Å²) in [6, 6.07) is 5.05. The van der Waals surface area contributed by atoms with E-state index >= 15 is 0 Å². The summed E-state index contributed by atoms with van der Waals surface area (Å²) in [7, 11) is 0. The minimum atomic E-state index is 0.118. The summed E-state index contributed by atoms with van der Waals surface area (Å²) in [5, 5.41) is 11.8. The average Bonchev–Trinajstić information content (AvgIpc) is 2.17. The molecule has 5 nitrogen and oxygen atoms in total. The van der Waals surface area contributed by atoms with Gasteiger partial charge in [-0.2, -0.15) is 10.4 Å². The van der Waals surface area contributed by atoms with Crippen LogP contribution in [0, 0.1) is 11.3 Å². The number of nitrogens with two attached hydrogens (primary N) is 2. The third-order valence-corrected chi connectivity index (χ3v) is 1.29. The first-order valence-electron chi connectivity index (χ1n) is 3.18. The molecule has 0 radical (unpaired) electrons. The lowest BCUT2D eigenvalue weighted by molar-refractivity contribution is 1.19. The zero-order valence-electron chi connectivity index (χ0n) is 6.23. The molecule has 0 unspecified atom stereocenters. The fourth-order valence-corrected chi connectivity index (χ4v) is 0.706. The molecule has 5 heteroatoms. The van der Waals surface area contributed by atoms with E-state index in [1.54, 1.807) is 6.07 Å². The number of nitriles is 1. The van der Waals surface area contributed by atoms with Crippen LogP contribution in [0.25, 0.3) is 0 Å². The van der Waals surface area contributed by atoms with Crippen molar-refractivity contribution in [1.29, 1.82) is 5.26 Å². The van der Waals surface area contributed by atoms with Gasteiger partial charge in [0.05, 0.1) is 11.6 Å². The lowest BCUT2D eigenvalue weighted by Crippen LogP contribution is -2.17. The quantitative estimate of drug-likeness (QED) is 0.251. The summed E-state index contributed by atoms with van der Waals surface area (Å²) in [4.78, 5) is 3.87. The van der Waals surface area contributed by atoms with E-state index in [1.807, 2.05) is 6.07 Å². The molecule has 0 aliphatic rings. The van der Waals surface area contributed by atoms with E-state index in [4.69, 9.17) is 16.8 Å². The first kappa shape index (κ1) is 8.01. The number of pyridine rings is 1. The van der Waals surface area contributed by atoms with Gasteiger partial charge in [0, 0.05) is 6.20 Å². The molecule has 0 saturated heterocycles. The molecule has 1 heterocycles. The molecule has 0 aromatic carbocycles. The maximum Gasteiger partial charge on any atom is 0.168 e. The van der Waals surface area contributed by atoms with Gasteiger partial charge < -0.3 is 11.6 Å². The Morgan fingerprint density at radius 1 is 1.67 bits per heavy atom. The van der Waals surface area contributed by atoms with Gasteiger partial charge in [-0.05, 0) is 12.1 Å². The Hall–Kier alpha value is -2.09. The van der Waals surface area contributed by atoms with E-state index in [0.29, 0.717) is 11.3 Å². The smallest absolute Gasteiger partial charge is 0.168 e. The van der Waals surface area contributed by atoms with Gasteiger partial charge in [-0.15, -0.1) is 0 Å². The third kappa shape index (κ3) is 1.49. The molecule has 1 rings (SSSR count). The molecule has 1 aromatic rings. The fraction of sp³-hybridized carbons (Fsp3) is 0. The van der Waals surface area contributed by atoms with Gasteiger partial charge in [0.1, 0.15) is 5.69 Å². The second-order valence-electron chi connectivity index (χ2n) is 2.06. The topological polar surface area (TPSA) is 101 Å². The molecule has 0 aliphatic heterocycles. The van der Waals surface area contributed by atoms with Crippen LogP contribution in [0.5, 0.6) is 0 Å². The van der Waals surface area contributed by atoms with Gasteiger partial charge in [0.2, 0.25) is 0 Å². The predicted molar refractivity (Wildman–Crippen MR) is 43.9 cm³/mol. The summed E-state index contributed by atoms with van der Waals surface area (Å²) in [6.07, 6.45) is 1.48. The van der Waals surface area contributed by atoms with Crippen LogP contribution in [0.1, 0.15) is 11.3 Å². The van der Waals surface area contributed by atoms with Crippen LogP contribution in [0.4, 0.5) is 0 Å². The van der Waals surface area contributed by atoms with E-state index in [0.717, 1.165) is 0 Å². The number of nitrogens with zero attached hydrogens (tertiary/aromatic N) is 3. The normalized spacial score (nSPS) is 10.8. The van der Waals surface area contributed by atoms with Gasteiger partial charge >= 0.3 is 0 Å². The predicted octanol–water partition coefficient (Wildman–Crippen LogP) is -0.468. The largest absolute Gasteiger partial charge is 0.380 e. The number of hydrogen-bond donors (Lipinski definition) is 2. The van der Waals surface area contributed by atoms with Crippen molar-refractivity contribution >= 4 is 5.84 Å². The van der Waals surface area contributed by atoms with Crippen LogP contribution in [-0.4, -0.2) is 10.8 Å². The van der Waals surface area contributed by atoms with E-state index in [1.165, 1.54) is 12.3 Å². The third-order valence-electron chi connectivity index (χ3n) is 1.29. The molecule has 0 bridgehead atoms. The van der Waals surface area contributed by atoms with Crippen LogP contribution in [0.15, 0.2) is 23.4 Å². The van der Waals surface area contributed by atoms with Crippen molar-refractivity contribution in [2.75, 3.05) is 0 Å². The summed E-state index contributed by atoms with van der Waals surface area (Å²) >= 11 is 0. The van der Waals surface area contributed by atoms with Crippen molar-refractivity contribution < 1.29 is 0 Å². The highest BCUT2D eigenvalue weighted by Crippen LogP contribution is 1.98. The van der Waals surface area contributed by atoms with Gasteiger partial charge in [-0.1, -0.05) is 0 Å². The monoisotopic (exact) mass is 161 g/mol. The summed E-state index contributed by atoms with van der Waals surface area (Å²) in [5.74, 6) is 5.05. The Bertz CT molecular complexity index is 349. The summed E-state index contributed by atoms with van der Waals surface area (Å²) in [6.45, 7) is 0. The fourth-order valence-electron chi connectivity index (χ4n) is 0.706. The maximum absolute atomic E-state index is 8.53. The second kappa shape index (κ2) is 3.34. The minimum absolute atomic E-state index is 0.118. The SMILES string of the molecule is N#Cc1ccnc(C(N)=NN)c1. The number of hydrogen-bond acceptors (Lipinski definition) is 4. The van der Waals surface area contributed by atoms with Gasteiger partial charge in [-0.3, -0.25) is 4.98 Å². The van der Waals surface area contributed by atoms with Crippen LogP contribution < -0.4 is 11.6 Å². The molecule has 12 heavy (non-hydrogen) atoms. The second-order valence-corrected chi connectivity index (χ2v) is 2.06. The minimum Gasteiger partial charge on any atom is -0.380 e. The standard InChI is InChI=1S/C7H7N5/c8-4-5-1-2-11-6(3-5)7(9)12-10/h1-3H,10H2,(H2,9,12). The van der Waals surface area contributed by atoms with Gasteiger partial charge in [-0.25, -0.2) is 0 Å². The molecule has 0 fully saturated rings. The summed E-state index contributed by atoms with van der Waals surface area (Å²) < 4.78 is 0. The zero-order chi connectivity index (χ0) is 8.97. The average molecular weight is 161 g/mol. The Morgan fingerprint density at radius 2 is 2.42 bits per heavy atom. The van der Waals surface area contributed by atoms with Crippen molar-refractivity contribution in [3.63, 3.8) is 0 Å². The number of hydrazone groups is 1. The molecule has 60 valence electrons. The first-order valence-corrected chi connectivity index (χ1v) is 3.18. The first-order chi connectivity index (χ1) is 5.77. The maximum atomic E-state index is 8.53. The molecular weight excluding hydrogens is 154 g/mol. The zero-order valence-corrected chi connectivity index (χ0v) is 6.23. The molecule has 0 spiro atoms. The highest BCUT2D eigenvalue weighted by molar-refractivity contribution is 5.95. The molecule has 1 aromatic heterocycles. The Labute approximate surface area is 69.3 Å². The highest BCUT2D eigenvalue weighted by atomic mass is 15.2. The van der Waals surface area contributed by atoms with Crippen molar-refractivity contribution in [2.24, 2.45) is 16.7 Å².